The lowest BCUT2D eigenvalue weighted by molar-refractivity contribution is -0.155. The van der Waals surface area contributed by atoms with E-state index in [2.05, 4.69) is 25.1 Å². The van der Waals surface area contributed by atoms with E-state index in [0.717, 1.165) is 28.9 Å². The van der Waals surface area contributed by atoms with Gasteiger partial charge in [0.2, 0.25) is 0 Å². The highest BCUT2D eigenvalue weighted by Crippen LogP contribution is 2.32. The SMILES string of the molecule is C=CC(=O)OCC(OC(=O)C=C)C(NC(=O)O)C(C)(C)c1cccc(C(=C)C)c1. The van der Waals surface area contributed by atoms with E-state index in [1.807, 2.05) is 31.2 Å². The molecule has 0 aliphatic rings. The lowest BCUT2D eigenvalue weighted by atomic mass is 9.74. The number of hydrogen-bond acceptors (Lipinski definition) is 5. The molecular formula is C22H27NO6. The summed E-state index contributed by atoms with van der Waals surface area (Å²) < 4.78 is 10.4. The van der Waals surface area contributed by atoms with Gasteiger partial charge in [0.05, 0.1) is 6.04 Å². The van der Waals surface area contributed by atoms with Gasteiger partial charge >= 0.3 is 18.0 Å². The molecule has 7 nitrogen and oxygen atoms in total. The van der Waals surface area contributed by atoms with Crippen molar-refractivity contribution >= 4 is 23.6 Å². The van der Waals surface area contributed by atoms with E-state index >= 15 is 0 Å². The molecule has 0 saturated carbocycles. The second-order valence-corrected chi connectivity index (χ2v) is 7.02. The summed E-state index contributed by atoms with van der Waals surface area (Å²) in [5.41, 5.74) is 1.67. The van der Waals surface area contributed by atoms with Gasteiger partial charge in [-0.2, -0.15) is 0 Å². The van der Waals surface area contributed by atoms with Crippen molar-refractivity contribution in [2.24, 2.45) is 0 Å². The summed E-state index contributed by atoms with van der Waals surface area (Å²) >= 11 is 0. The fourth-order valence-electron chi connectivity index (χ4n) is 2.85. The van der Waals surface area contributed by atoms with Gasteiger partial charge in [-0.3, -0.25) is 0 Å². The Morgan fingerprint density at radius 2 is 1.83 bits per heavy atom. The van der Waals surface area contributed by atoms with Gasteiger partial charge in [-0.05, 0) is 18.1 Å². The summed E-state index contributed by atoms with van der Waals surface area (Å²) in [4.78, 5) is 34.9. The molecule has 0 aliphatic carbocycles. The first-order chi connectivity index (χ1) is 13.5. The molecule has 0 aromatic heterocycles. The van der Waals surface area contributed by atoms with Crippen LogP contribution in [-0.4, -0.2) is 41.9 Å². The second-order valence-electron chi connectivity index (χ2n) is 7.02. The summed E-state index contributed by atoms with van der Waals surface area (Å²) in [5.74, 6) is -1.49. The van der Waals surface area contributed by atoms with Crippen molar-refractivity contribution in [3.63, 3.8) is 0 Å². The fourth-order valence-corrected chi connectivity index (χ4v) is 2.85. The summed E-state index contributed by atoms with van der Waals surface area (Å²) in [6.07, 6.45) is -0.500. The van der Waals surface area contributed by atoms with Crippen LogP contribution in [0.25, 0.3) is 5.57 Å². The Bertz CT molecular complexity index is 811. The van der Waals surface area contributed by atoms with Crippen molar-refractivity contribution in [2.45, 2.75) is 38.3 Å². The summed E-state index contributed by atoms with van der Waals surface area (Å²) in [6.45, 7) is 15.7. The van der Waals surface area contributed by atoms with Crippen molar-refractivity contribution in [2.75, 3.05) is 6.61 Å². The van der Waals surface area contributed by atoms with Gasteiger partial charge in [0.25, 0.3) is 0 Å². The molecule has 0 bridgehead atoms. The maximum absolute atomic E-state index is 11.8. The van der Waals surface area contributed by atoms with E-state index in [4.69, 9.17) is 9.47 Å². The highest BCUT2D eigenvalue weighted by atomic mass is 16.6. The summed E-state index contributed by atoms with van der Waals surface area (Å²) in [6, 6.07) is 6.51. The molecule has 0 saturated heterocycles. The van der Waals surface area contributed by atoms with E-state index in [1.165, 1.54) is 0 Å². The minimum absolute atomic E-state index is 0.362. The van der Waals surface area contributed by atoms with Crippen LogP contribution in [0.15, 0.2) is 56.2 Å². The van der Waals surface area contributed by atoms with Crippen molar-refractivity contribution < 1.29 is 29.0 Å². The first-order valence-electron chi connectivity index (χ1n) is 8.91. The van der Waals surface area contributed by atoms with Gasteiger partial charge in [0.15, 0.2) is 6.10 Å². The Hall–Kier alpha value is -3.35. The number of hydrogen-bond donors (Lipinski definition) is 2. The Morgan fingerprint density at radius 3 is 2.34 bits per heavy atom. The number of carboxylic acid groups (broad SMARTS) is 1. The molecule has 29 heavy (non-hydrogen) atoms. The zero-order valence-corrected chi connectivity index (χ0v) is 16.9. The van der Waals surface area contributed by atoms with Crippen LogP contribution in [-0.2, 0) is 24.5 Å². The maximum atomic E-state index is 11.8. The summed E-state index contributed by atoms with van der Waals surface area (Å²) in [5, 5.41) is 11.8. The van der Waals surface area contributed by atoms with Crippen LogP contribution in [0.3, 0.4) is 0 Å². The summed E-state index contributed by atoms with van der Waals surface area (Å²) in [7, 11) is 0. The largest absolute Gasteiger partial charge is 0.465 e. The molecule has 1 amide bonds. The van der Waals surface area contributed by atoms with Crippen molar-refractivity contribution in [1.29, 1.82) is 0 Å². The van der Waals surface area contributed by atoms with Crippen LogP contribution >= 0.6 is 0 Å². The molecule has 0 fully saturated rings. The van der Waals surface area contributed by atoms with Gasteiger partial charge in [-0.15, -0.1) is 0 Å². The van der Waals surface area contributed by atoms with Gasteiger partial charge in [0, 0.05) is 17.6 Å². The molecule has 0 heterocycles. The molecule has 1 rings (SSSR count). The Labute approximate surface area is 170 Å². The lowest BCUT2D eigenvalue weighted by Gasteiger charge is -2.39. The number of esters is 2. The van der Waals surface area contributed by atoms with Crippen LogP contribution in [0.5, 0.6) is 0 Å². The maximum Gasteiger partial charge on any atom is 0.405 e. The fraction of sp³-hybridized carbons (Fsp3) is 0.318. The van der Waals surface area contributed by atoms with Gasteiger partial charge < -0.3 is 19.9 Å². The minimum atomic E-state index is -1.31. The van der Waals surface area contributed by atoms with Crippen LogP contribution in [0.4, 0.5) is 4.79 Å². The Balaban J connectivity index is 3.40. The zero-order chi connectivity index (χ0) is 22.2. The van der Waals surface area contributed by atoms with E-state index in [-0.39, 0.29) is 6.61 Å². The predicted molar refractivity (Wildman–Crippen MR) is 110 cm³/mol. The van der Waals surface area contributed by atoms with Gasteiger partial charge in [-0.1, -0.05) is 63.4 Å². The smallest absolute Gasteiger partial charge is 0.405 e. The van der Waals surface area contributed by atoms with Crippen LogP contribution in [0, 0.1) is 0 Å². The molecule has 0 radical (unpaired) electrons. The molecule has 7 heteroatoms. The highest BCUT2D eigenvalue weighted by Gasteiger charge is 2.41. The monoisotopic (exact) mass is 401 g/mol. The van der Waals surface area contributed by atoms with E-state index in [1.54, 1.807) is 13.8 Å². The van der Waals surface area contributed by atoms with Crippen LogP contribution in [0.1, 0.15) is 31.9 Å². The predicted octanol–water partition coefficient (Wildman–Crippen LogP) is 3.46. The van der Waals surface area contributed by atoms with E-state index in [9.17, 15) is 19.5 Å². The molecule has 2 atom stereocenters. The first-order valence-corrected chi connectivity index (χ1v) is 8.91. The number of carbonyl (C=O) groups is 3. The standard InChI is InChI=1S/C22H27NO6/c1-7-18(24)28-13-17(29-19(25)8-2)20(23-21(26)27)22(5,6)16-11-9-10-15(12-16)14(3)4/h7-12,17,20,23H,1-3,13H2,4-6H3,(H,26,27). The van der Waals surface area contributed by atoms with E-state index < -0.39 is 35.6 Å². The van der Waals surface area contributed by atoms with Gasteiger partial charge in [-0.25, -0.2) is 14.4 Å². The molecule has 0 spiro atoms. The second kappa shape index (κ2) is 10.3. The first kappa shape index (κ1) is 23.7. The minimum Gasteiger partial charge on any atom is -0.465 e. The van der Waals surface area contributed by atoms with E-state index in [0.29, 0.717) is 0 Å². The quantitative estimate of drug-likeness (QED) is 0.460. The average molecular weight is 401 g/mol. The Kier molecular flexibility index (Phi) is 8.38. The third-order valence-corrected chi connectivity index (χ3v) is 4.52. The topological polar surface area (TPSA) is 102 Å². The number of ether oxygens (including phenoxy) is 2. The molecule has 2 N–H and O–H groups in total. The van der Waals surface area contributed by atoms with Crippen molar-refractivity contribution in [3.8, 4) is 0 Å². The van der Waals surface area contributed by atoms with Gasteiger partial charge in [0.1, 0.15) is 6.61 Å². The lowest BCUT2D eigenvalue weighted by Crippen LogP contribution is -2.56. The number of benzene rings is 1. The Morgan fingerprint density at radius 1 is 1.21 bits per heavy atom. The highest BCUT2D eigenvalue weighted by molar-refractivity contribution is 5.82. The number of carbonyl (C=O) groups excluding carboxylic acids is 2. The van der Waals surface area contributed by atoms with Crippen LogP contribution in [0.2, 0.25) is 0 Å². The number of rotatable bonds is 10. The molecule has 0 aliphatic heterocycles. The molecule has 2 unspecified atom stereocenters. The third-order valence-electron chi connectivity index (χ3n) is 4.52. The van der Waals surface area contributed by atoms with Crippen molar-refractivity contribution in [1.82, 2.24) is 5.32 Å². The zero-order valence-electron chi connectivity index (χ0n) is 16.9. The number of amides is 1. The molecule has 156 valence electrons. The van der Waals surface area contributed by atoms with Crippen molar-refractivity contribution in [3.05, 3.63) is 67.3 Å². The molecular weight excluding hydrogens is 374 g/mol. The number of allylic oxidation sites excluding steroid dienone is 1. The third kappa shape index (κ3) is 6.64. The molecule has 1 aromatic rings. The van der Waals surface area contributed by atoms with Crippen LogP contribution < -0.4 is 5.32 Å². The average Bonchev–Trinajstić information content (AvgIpc) is 2.68. The number of nitrogens with one attached hydrogen (secondary N) is 1. The normalized spacial score (nSPS) is 12.8. The molecule has 1 aromatic carbocycles.